The van der Waals surface area contributed by atoms with Gasteiger partial charge in [-0.05, 0) is 38.1 Å². The molecule has 0 fully saturated rings. The van der Waals surface area contributed by atoms with Crippen molar-refractivity contribution in [3.63, 3.8) is 0 Å². The van der Waals surface area contributed by atoms with Crippen LogP contribution >= 0.6 is 0 Å². The van der Waals surface area contributed by atoms with E-state index >= 15 is 0 Å². The first kappa shape index (κ1) is 30.3. The van der Waals surface area contributed by atoms with Gasteiger partial charge in [-0.3, -0.25) is 8.37 Å². The van der Waals surface area contributed by atoms with Crippen LogP contribution in [0.1, 0.15) is 11.1 Å². The highest BCUT2D eigenvalue weighted by molar-refractivity contribution is 7.89. The summed E-state index contributed by atoms with van der Waals surface area (Å²) in [5, 5.41) is 0. The molecule has 2 atom stereocenters. The van der Waals surface area contributed by atoms with Crippen LogP contribution in [-0.4, -0.2) is 71.5 Å². The number of rotatable bonds is 13. The van der Waals surface area contributed by atoms with E-state index in [0.717, 1.165) is 11.1 Å². The average Bonchev–Trinajstić information content (AvgIpc) is 2.73. The molecule has 0 saturated heterocycles. The smallest absolute Gasteiger partial charge is 0.263 e. The maximum Gasteiger partial charge on any atom is 0.264 e. The topological polar surface area (TPSA) is 179 Å². The summed E-state index contributed by atoms with van der Waals surface area (Å²) < 4.78 is 112. The van der Waals surface area contributed by atoms with Gasteiger partial charge in [-0.25, -0.2) is 26.3 Å². The van der Waals surface area contributed by atoms with Crippen molar-refractivity contribution in [2.24, 2.45) is 0 Å². The van der Waals surface area contributed by atoms with Crippen molar-refractivity contribution in [3.8, 4) is 0 Å². The van der Waals surface area contributed by atoms with Crippen molar-refractivity contribution in [1.82, 2.24) is 9.44 Å². The molecule has 0 aliphatic carbocycles. The number of aryl methyl sites for hydroxylation is 2. The van der Waals surface area contributed by atoms with Crippen LogP contribution in [-0.2, 0) is 48.6 Å². The third kappa shape index (κ3) is 9.85. The molecule has 202 valence electrons. The van der Waals surface area contributed by atoms with Gasteiger partial charge in [0.05, 0.1) is 22.3 Å². The number of sulfonamides is 2. The Morgan fingerprint density at radius 1 is 0.583 bits per heavy atom. The first-order chi connectivity index (χ1) is 16.4. The van der Waals surface area contributed by atoms with E-state index in [4.69, 9.17) is 8.37 Å². The minimum atomic E-state index is -4.26. The lowest BCUT2D eigenvalue weighted by Gasteiger charge is -2.26. The Labute approximate surface area is 212 Å². The van der Waals surface area contributed by atoms with Crippen LogP contribution in [0.2, 0.25) is 0 Å². The van der Waals surface area contributed by atoms with Gasteiger partial charge in [-0.2, -0.15) is 16.8 Å². The molecule has 0 aliphatic heterocycles. The second-order valence-electron chi connectivity index (χ2n) is 8.01. The molecule has 0 radical (unpaired) electrons. The number of nitrogens with one attached hydrogen (secondary N) is 2. The SMILES string of the molecule is Cc1ccc(S(=O)(=O)NC[C@H](OS(C)(=O)=O)[C@@H](CNS(=O)(=O)c2ccc(C)cc2)OS(C)(=O)=O)cc1. The van der Waals surface area contributed by atoms with Crippen molar-refractivity contribution >= 4 is 40.3 Å². The second kappa shape index (κ2) is 11.6. The summed E-state index contributed by atoms with van der Waals surface area (Å²) in [6.45, 7) is 2.00. The van der Waals surface area contributed by atoms with E-state index < -0.39 is 65.6 Å². The molecule has 2 aromatic carbocycles. The van der Waals surface area contributed by atoms with Crippen LogP contribution in [0.4, 0.5) is 0 Å². The van der Waals surface area contributed by atoms with Crippen molar-refractivity contribution < 1.29 is 42.0 Å². The quantitative estimate of drug-likeness (QED) is 0.310. The zero-order valence-electron chi connectivity index (χ0n) is 19.9. The number of hydrogen-bond acceptors (Lipinski definition) is 10. The largest absolute Gasteiger partial charge is 0.264 e. The van der Waals surface area contributed by atoms with E-state index in [-0.39, 0.29) is 9.79 Å². The fourth-order valence-corrected chi connectivity index (χ4v) is 6.26. The lowest BCUT2D eigenvalue weighted by Crippen LogP contribution is -2.48. The highest BCUT2D eigenvalue weighted by atomic mass is 32.2. The molecule has 0 aliphatic rings. The highest BCUT2D eigenvalue weighted by Gasteiger charge is 2.33. The van der Waals surface area contributed by atoms with Crippen molar-refractivity contribution in [2.45, 2.75) is 35.8 Å². The van der Waals surface area contributed by atoms with Crippen molar-refractivity contribution in [3.05, 3.63) is 59.7 Å². The Bertz CT molecular complexity index is 1350. The van der Waals surface area contributed by atoms with E-state index in [1.165, 1.54) is 24.3 Å². The zero-order chi connectivity index (χ0) is 27.4. The maximum absolute atomic E-state index is 12.7. The van der Waals surface area contributed by atoms with Gasteiger partial charge in [0.1, 0.15) is 12.2 Å². The second-order valence-corrected chi connectivity index (χ2v) is 14.7. The molecular formula is C20H28N2O10S4. The standard InChI is InChI=1S/C20H28N2O10S4/c1-15-5-9-17(10-6-15)35(27,28)21-13-19(31-33(3,23)24)20(32-34(4,25)26)14-22-36(29,30)18-11-7-16(2)8-12-18/h5-12,19-22H,13-14H2,1-4H3/t19-,20+. The predicted octanol–water partition coefficient (Wildman–Crippen LogP) is 0.250. The highest BCUT2D eigenvalue weighted by Crippen LogP contribution is 2.15. The van der Waals surface area contributed by atoms with E-state index in [1.54, 1.807) is 38.1 Å². The summed E-state index contributed by atoms with van der Waals surface area (Å²) in [5.74, 6) is 0. The molecular weight excluding hydrogens is 556 g/mol. The van der Waals surface area contributed by atoms with Crippen LogP contribution in [0, 0.1) is 13.8 Å². The predicted molar refractivity (Wildman–Crippen MR) is 132 cm³/mol. The normalized spacial score (nSPS) is 14.9. The molecule has 0 heterocycles. The van der Waals surface area contributed by atoms with Crippen LogP contribution in [0.5, 0.6) is 0 Å². The summed E-state index contributed by atoms with van der Waals surface area (Å²) in [5.41, 5.74) is 1.60. The fraction of sp³-hybridized carbons (Fsp3) is 0.400. The summed E-state index contributed by atoms with van der Waals surface area (Å²) in [6, 6.07) is 11.5. The molecule has 16 heteroatoms. The minimum Gasteiger partial charge on any atom is -0.263 e. The zero-order valence-corrected chi connectivity index (χ0v) is 23.2. The Morgan fingerprint density at radius 2 is 0.861 bits per heavy atom. The third-order valence-electron chi connectivity index (χ3n) is 4.62. The number of hydrogen-bond donors (Lipinski definition) is 2. The average molecular weight is 585 g/mol. The molecule has 2 N–H and O–H groups in total. The van der Waals surface area contributed by atoms with E-state index in [9.17, 15) is 33.7 Å². The lowest BCUT2D eigenvalue weighted by atomic mass is 10.2. The van der Waals surface area contributed by atoms with Gasteiger partial charge in [-0.1, -0.05) is 35.4 Å². The molecule has 0 unspecified atom stereocenters. The molecule has 2 rings (SSSR count). The van der Waals surface area contributed by atoms with Crippen LogP contribution in [0.25, 0.3) is 0 Å². The van der Waals surface area contributed by atoms with Gasteiger partial charge >= 0.3 is 0 Å². The van der Waals surface area contributed by atoms with Crippen LogP contribution < -0.4 is 9.44 Å². The summed E-state index contributed by atoms with van der Waals surface area (Å²) in [7, 11) is -16.8. The summed E-state index contributed by atoms with van der Waals surface area (Å²) >= 11 is 0. The lowest BCUT2D eigenvalue weighted by molar-refractivity contribution is 0.0704. The van der Waals surface area contributed by atoms with Gasteiger partial charge in [0.15, 0.2) is 0 Å². The number of benzene rings is 2. The van der Waals surface area contributed by atoms with Crippen LogP contribution in [0.15, 0.2) is 58.3 Å². The van der Waals surface area contributed by atoms with E-state index in [1.807, 2.05) is 0 Å². The van der Waals surface area contributed by atoms with Gasteiger partial charge in [0, 0.05) is 13.1 Å². The van der Waals surface area contributed by atoms with Crippen molar-refractivity contribution in [1.29, 1.82) is 0 Å². The first-order valence-electron chi connectivity index (χ1n) is 10.3. The first-order valence-corrected chi connectivity index (χ1v) is 16.9. The van der Waals surface area contributed by atoms with E-state index in [2.05, 4.69) is 9.44 Å². The third-order valence-corrected chi connectivity index (χ3v) is 8.70. The molecule has 36 heavy (non-hydrogen) atoms. The summed E-state index contributed by atoms with van der Waals surface area (Å²) in [6.07, 6.45) is -2.17. The van der Waals surface area contributed by atoms with Gasteiger partial charge in [0.2, 0.25) is 20.0 Å². The molecule has 12 nitrogen and oxygen atoms in total. The molecule has 0 bridgehead atoms. The van der Waals surface area contributed by atoms with Gasteiger partial charge in [0.25, 0.3) is 20.2 Å². The molecule has 0 amide bonds. The Morgan fingerprint density at radius 3 is 1.11 bits per heavy atom. The van der Waals surface area contributed by atoms with Crippen molar-refractivity contribution in [2.75, 3.05) is 25.6 Å². The molecule has 0 aromatic heterocycles. The van der Waals surface area contributed by atoms with Crippen LogP contribution in [0.3, 0.4) is 0 Å². The Balaban J connectivity index is 2.33. The van der Waals surface area contributed by atoms with Gasteiger partial charge in [-0.15, -0.1) is 0 Å². The molecule has 0 saturated carbocycles. The Hall–Kier alpha value is -1.92. The fourth-order valence-electron chi connectivity index (χ4n) is 2.89. The molecule has 0 spiro atoms. The molecule has 2 aromatic rings. The maximum atomic E-state index is 12.7. The monoisotopic (exact) mass is 584 g/mol. The van der Waals surface area contributed by atoms with E-state index in [0.29, 0.717) is 12.5 Å². The summed E-state index contributed by atoms with van der Waals surface area (Å²) in [4.78, 5) is -0.265. The Kier molecular flexibility index (Phi) is 9.80. The van der Waals surface area contributed by atoms with Gasteiger partial charge < -0.3 is 0 Å². The minimum absolute atomic E-state index is 0.133.